The largest absolute Gasteiger partial charge is 0.472 e. The molecule has 13 heavy (non-hydrogen) atoms. The van der Waals surface area contributed by atoms with Crippen LogP contribution in [0.4, 0.5) is 0 Å². The zero-order valence-corrected chi connectivity index (χ0v) is 7.30. The van der Waals surface area contributed by atoms with Gasteiger partial charge in [0.05, 0.1) is 18.7 Å². The van der Waals surface area contributed by atoms with E-state index in [1.165, 1.54) is 0 Å². The van der Waals surface area contributed by atoms with E-state index < -0.39 is 0 Å². The first-order chi connectivity index (χ1) is 6.33. The summed E-state index contributed by atoms with van der Waals surface area (Å²) < 4.78 is 9.57. The quantitative estimate of drug-likeness (QED) is 0.420. The minimum Gasteiger partial charge on any atom is -0.472 e. The van der Waals surface area contributed by atoms with Crippen LogP contribution in [0.2, 0.25) is 0 Å². The van der Waals surface area contributed by atoms with E-state index in [4.69, 9.17) is 14.9 Å². The molecule has 0 amide bonds. The lowest BCUT2D eigenvalue weighted by atomic mass is 10.4. The fourth-order valence-electron chi connectivity index (χ4n) is 0.695. The van der Waals surface area contributed by atoms with Gasteiger partial charge in [0.1, 0.15) is 12.4 Å². The van der Waals surface area contributed by atoms with Crippen LogP contribution in [0, 0.1) is 0 Å². The van der Waals surface area contributed by atoms with E-state index >= 15 is 0 Å². The van der Waals surface area contributed by atoms with Crippen molar-refractivity contribution in [2.75, 3.05) is 13.7 Å². The molecule has 0 aliphatic rings. The number of amidine groups is 1. The van der Waals surface area contributed by atoms with Gasteiger partial charge in [-0.25, -0.2) is 0 Å². The molecular weight excluding hydrogens is 170 g/mol. The molecule has 2 N–H and O–H groups in total. The SMILES string of the molecule is COC/C(N)=N/N=C/c1ccoc1. The number of hydrogen-bond donors (Lipinski definition) is 1. The molecule has 0 saturated heterocycles. The Morgan fingerprint density at radius 2 is 2.62 bits per heavy atom. The highest BCUT2D eigenvalue weighted by molar-refractivity contribution is 5.83. The Hall–Kier alpha value is -1.62. The lowest BCUT2D eigenvalue weighted by Gasteiger charge is -1.92. The van der Waals surface area contributed by atoms with Gasteiger partial charge < -0.3 is 14.9 Å². The van der Waals surface area contributed by atoms with Gasteiger partial charge in [-0.1, -0.05) is 0 Å². The van der Waals surface area contributed by atoms with Crippen molar-refractivity contribution in [1.29, 1.82) is 0 Å². The van der Waals surface area contributed by atoms with Gasteiger partial charge in [-0.05, 0) is 6.07 Å². The highest BCUT2D eigenvalue weighted by atomic mass is 16.5. The summed E-state index contributed by atoms with van der Waals surface area (Å²) in [5, 5.41) is 7.42. The molecule has 1 aromatic heterocycles. The smallest absolute Gasteiger partial charge is 0.148 e. The van der Waals surface area contributed by atoms with Gasteiger partial charge >= 0.3 is 0 Å². The van der Waals surface area contributed by atoms with Gasteiger partial charge in [-0.2, -0.15) is 5.10 Å². The number of methoxy groups -OCH3 is 1. The van der Waals surface area contributed by atoms with Crippen molar-refractivity contribution in [3.63, 3.8) is 0 Å². The minimum absolute atomic E-state index is 0.280. The maximum atomic E-state index is 5.41. The van der Waals surface area contributed by atoms with Crippen LogP contribution < -0.4 is 5.73 Å². The second-order valence-electron chi connectivity index (χ2n) is 2.33. The summed E-state index contributed by atoms with van der Waals surface area (Å²) >= 11 is 0. The van der Waals surface area contributed by atoms with Crippen LogP contribution in [0.5, 0.6) is 0 Å². The van der Waals surface area contributed by atoms with Crippen molar-refractivity contribution in [3.8, 4) is 0 Å². The van der Waals surface area contributed by atoms with E-state index in [0.29, 0.717) is 5.84 Å². The van der Waals surface area contributed by atoms with Crippen LogP contribution >= 0.6 is 0 Å². The topological polar surface area (TPSA) is 73.1 Å². The molecule has 1 heterocycles. The van der Waals surface area contributed by atoms with E-state index in [1.54, 1.807) is 31.9 Å². The van der Waals surface area contributed by atoms with Crippen LogP contribution in [0.15, 0.2) is 33.2 Å². The molecular formula is C8H11N3O2. The second kappa shape index (κ2) is 5.10. The highest BCUT2D eigenvalue weighted by Crippen LogP contribution is 1.94. The summed E-state index contributed by atoms with van der Waals surface area (Å²) in [5.41, 5.74) is 6.25. The van der Waals surface area contributed by atoms with Gasteiger partial charge in [0.15, 0.2) is 0 Å². The Labute approximate surface area is 75.9 Å². The predicted molar refractivity (Wildman–Crippen MR) is 49.8 cm³/mol. The van der Waals surface area contributed by atoms with Crippen LogP contribution in [0.25, 0.3) is 0 Å². The Balaban J connectivity index is 2.45. The van der Waals surface area contributed by atoms with Crippen LogP contribution in [0.1, 0.15) is 5.56 Å². The summed E-state index contributed by atoms with van der Waals surface area (Å²) in [4.78, 5) is 0. The van der Waals surface area contributed by atoms with E-state index in [9.17, 15) is 0 Å². The van der Waals surface area contributed by atoms with Crippen LogP contribution in [-0.4, -0.2) is 25.8 Å². The van der Waals surface area contributed by atoms with Gasteiger partial charge in [0, 0.05) is 12.7 Å². The molecule has 0 radical (unpaired) electrons. The summed E-state index contributed by atoms with van der Waals surface area (Å²) in [7, 11) is 1.54. The van der Waals surface area contributed by atoms with Crippen molar-refractivity contribution < 1.29 is 9.15 Å². The third-order valence-electron chi connectivity index (χ3n) is 1.23. The van der Waals surface area contributed by atoms with E-state index in [1.807, 2.05) is 0 Å². The van der Waals surface area contributed by atoms with Crippen molar-refractivity contribution in [2.45, 2.75) is 0 Å². The number of rotatable bonds is 4. The lowest BCUT2D eigenvalue weighted by Crippen LogP contribution is -2.17. The van der Waals surface area contributed by atoms with Crippen molar-refractivity contribution in [2.24, 2.45) is 15.9 Å². The molecule has 0 bridgehead atoms. The fourth-order valence-corrected chi connectivity index (χ4v) is 0.695. The van der Waals surface area contributed by atoms with E-state index in [-0.39, 0.29) is 6.61 Å². The molecule has 70 valence electrons. The first-order valence-electron chi connectivity index (χ1n) is 3.69. The van der Waals surface area contributed by atoms with Crippen molar-refractivity contribution in [1.82, 2.24) is 0 Å². The highest BCUT2D eigenvalue weighted by Gasteiger charge is 1.88. The number of hydrogen-bond acceptors (Lipinski definition) is 4. The first kappa shape index (κ1) is 9.47. The Kier molecular flexibility index (Phi) is 3.72. The predicted octanol–water partition coefficient (Wildman–Crippen LogP) is 0.617. The van der Waals surface area contributed by atoms with E-state index in [0.717, 1.165) is 5.56 Å². The zero-order valence-electron chi connectivity index (χ0n) is 7.30. The van der Waals surface area contributed by atoms with Crippen LogP contribution in [0.3, 0.4) is 0 Å². The Morgan fingerprint density at radius 3 is 3.23 bits per heavy atom. The van der Waals surface area contributed by atoms with Gasteiger partial charge in [0.25, 0.3) is 0 Å². The molecule has 0 aromatic carbocycles. The average Bonchev–Trinajstić information content (AvgIpc) is 2.57. The third kappa shape index (κ3) is 3.53. The average molecular weight is 181 g/mol. The second-order valence-corrected chi connectivity index (χ2v) is 2.33. The molecule has 5 heteroatoms. The molecule has 0 spiro atoms. The number of nitrogens with zero attached hydrogens (tertiary/aromatic N) is 2. The molecule has 0 fully saturated rings. The minimum atomic E-state index is 0.280. The molecule has 0 saturated carbocycles. The Bertz CT molecular complexity index is 290. The summed E-state index contributed by atoms with van der Waals surface area (Å²) in [6.45, 7) is 0.280. The van der Waals surface area contributed by atoms with Gasteiger partial charge in [0.2, 0.25) is 0 Å². The fraction of sp³-hybridized carbons (Fsp3) is 0.250. The summed E-state index contributed by atoms with van der Waals surface area (Å²) in [6.07, 6.45) is 4.67. The molecule has 0 atom stereocenters. The number of nitrogens with two attached hydrogens (primary N) is 1. The molecule has 1 rings (SSSR count). The number of ether oxygens (including phenoxy) is 1. The first-order valence-corrected chi connectivity index (χ1v) is 3.69. The van der Waals surface area contributed by atoms with Gasteiger partial charge in [-0.3, -0.25) is 0 Å². The third-order valence-corrected chi connectivity index (χ3v) is 1.23. The monoisotopic (exact) mass is 181 g/mol. The summed E-state index contributed by atoms with van der Waals surface area (Å²) in [5.74, 6) is 0.335. The molecule has 5 nitrogen and oxygen atoms in total. The molecule has 0 unspecified atom stereocenters. The maximum Gasteiger partial charge on any atom is 0.148 e. The molecule has 0 aliphatic carbocycles. The lowest BCUT2D eigenvalue weighted by molar-refractivity contribution is 0.244. The Morgan fingerprint density at radius 1 is 1.77 bits per heavy atom. The van der Waals surface area contributed by atoms with Crippen molar-refractivity contribution >= 4 is 12.1 Å². The maximum absolute atomic E-state index is 5.41. The molecule has 0 aliphatic heterocycles. The van der Waals surface area contributed by atoms with Gasteiger partial charge in [-0.15, -0.1) is 5.10 Å². The summed E-state index contributed by atoms with van der Waals surface area (Å²) in [6, 6.07) is 1.77. The van der Waals surface area contributed by atoms with E-state index in [2.05, 4.69) is 10.2 Å². The van der Waals surface area contributed by atoms with Crippen molar-refractivity contribution in [3.05, 3.63) is 24.2 Å². The zero-order chi connectivity index (χ0) is 9.52. The molecule has 1 aromatic rings. The standard InChI is InChI=1S/C8H11N3O2/c1-12-6-8(9)11-10-4-7-2-3-13-5-7/h2-5H,6H2,1H3,(H2,9,11)/b10-4+. The normalized spacial score (nSPS) is 12.5. The van der Waals surface area contributed by atoms with Crippen LogP contribution in [-0.2, 0) is 4.74 Å². The number of furan rings is 1.